The second-order valence-electron chi connectivity index (χ2n) is 7.12. The first kappa shape index (κ1) is 16.5. The molecule has 23 heavy (non-hydrogen) atoms. The molecule has 2 heterocycles. The number of hydrogen-bond acceptors (Lipinski definition) is 4. The molecule has 0 saturated carbocycles. The van der Waals surface area contributed by atoms with Crippen LogP contribution in [0, 0.1) is 0 Å². The molecule has 1 N–H and O–H groups in total. The highest BCUT2D eigenvalue weighted by molar-refractivity contribution is 5.78. The van der Waals surface area contributed by atoms with Crippen molar-refractivity contribution in [3.8, 4) is 0 Å². The van der Waals surface area contributed by atoms with Crippen LogP contribution in [0.3, 0.4) is 0 Å². The van der Waals surface area contributed by atoms with Crippen LogP contribution in [-0.2, 0) is 31.2 Å². The van der Waals surface area contributed by atoms with E-state index in [-0.39, 0.29) is 11.9 Å². The van der Waals surface area contributed by atoms with Gasteiger partial charge in [-0.1, -0.05) is 0 Å². The molecule has 128 valence electrons. The number of carbonyl (C=O) groups is 1. The molecule has 1 aromatic heterocycles. The van der Waals surface area contributed by atoms with E-state index in [2.05, 4.69) is 31.9 Å². The summed E-state index contributed by atoms with van der Waals surface area (Å²) < 4.78 is 2.08. The lowest BCUT2D eigenvalue weighted by atomic mass is 10.2. The quantitative estimate of drug-likeness (QED) is 0.861. The zero-order chi connectivity index (χ0) is 16.4. The number of aromatic nitrogens is 2. The molecular formula is C17H29N5O. The molecule has 6 nitrogen and oxygen atoms in total. The van der Waals surface area contributed by atoms with E-state index < -0.39 is 0 Å². The molecule has 0 atom stereocenters. The molecule has 1 aliphatic carbocycles. The highest BCUT2D eigenvalue weighted by atomic mass is 16.2. The number of aryl methyl sites for hydroxylation is 2. The summed E-state index contributed by atoms with van der Waals surface area (Å²) in [5, 5.41) is 7.63. The number of fused-ring (bicyclic) bond motifs is 1. The Hall–Kier alpha value is -1.40. The minimum atomic E-state index is 0.137. The first-order chi connectivity index (χ1) is 11.0. The molecule has 2 aliphatic rings. The van der Waals surface area contributed by atoms with Gasteiger partial charge in [-0.15, -0.1) is 0 Å². The van der Waals surface area contributed by atoms with Crippen molar-refractivity contribution in [1.82, 2.24) is 24.9 Å². The lowest BCUT2D eigenvalue weighted by molar-refractivity contribution is -0.123. The number of rotatable bonds is 5. The summed E-state index contributed by atoms with van der Waals surface area (Å²) in [5.41, 5.74) is 4.20. The molecule has 0 radical (unpaired) electrons. The molecule has 6 heteroatoms. The monoisotopic (exact) mass is 319 g/mol. The molecule has 0 bridgehead atoms. The lowest BCUT2D eigenvalue weighted by Crippen LogP contribution is -2.49. The SMILES string of the molecule is CC(C)NC(=O)CN1CCN(Cc2c3c(nn2C)CCC3)CC1. The zero-order valence-corrected chi connectivity index (χ0v) is 14.6. The summed E-state index contributed by atoms with van der Waals surface area (Å²) in [6.45, 7) is 9.49. The van der Waals surface area contributed by atoms with E-state index in [9.17, 15) is 4.79 Å². The topological polar surface area (TPSA) is 53.4 Å². The van der Waals surface area contributed by atoms with Crippen molar-refractivity contribution < 1.29 is 4.79 Å². The molecule has 0 aromatic carbocycles. The van der Waals surface area contributed by atoms with Gasteiger partial charge in [0.1, 0.15) is 0 Å². The third-order valence-electron chi connectivity index (χ3n) is 4.85. The summed E-state index contributed by atoms with van der Waals surface area (Å²) in [7, 11) is 2.07. The second kappa shape index (κ2) is 7.01. The van der Waals surface area contributed by atoms with Crippen molar-refractivity contribution in [3.63, 3.8) is 0 Å². The van der Waals surface area contributed by atoms with E-state index in [1.54, 1.807) is 0 Å². The highest BCUT2D eigenvalue weighted by Gasteiger charge is 2.24. The molecule has 3 rings (SSSR count). The Labute approximate surface area is 138 Å². The predicted molar refractivity (Wildman–Crippen MR) is 90.2 cm³/mol. The van der Waals surface area contributed by atoms with Crippen molar-refractivity contribution in [2.75, 3.05) is 32.7 Å². The van der Waals surface area contributed by atoms with E-state index in [0.29, 0.717) is 6.54 Å². The van der Waals surface area contributed by atoms with Crippen LogP contribution in [0.2, 0.25) is 0 Å². The van der Waals surface area contributed by atoms with Gasteiger partial charge in [-0.2, -0.15) is 5.10 Å². The van der Waals surface area contributed by atoms with Crippen LogP contribution in [0.5, 0.6) is 0 Å². The summed E-state index contributed by atoms with van der Waals surface area (Å²) in [5.74, 6) is 0.137. The van der Waals surface area contributed by atoms with E-state index in [4.69, 9.17) is 0 Å². The Morgan fingerprint density at radius 1 is 1.17 bits per heavy atom. The summed E-state index contributed by atoms with van der Waals surface area (Å²) in [4.78, 5) is 16.6. The van der Waals surface area contributed by atoms with Crippen molar-refractivity contribution >= 4 is 5.91 Å². The van der Waals surface area contributed by atoms with Crippen LogP contribution in [0.4, 0.5) is 0 Å². The molecule has 0 unspecified atom stereocenters. The molecule has 0 spiro atoms. The van der Waals surface area contributed by atoms with Crippen molar-refractivity contribution in [2.24, 2.45) is 7.05 Å². The fourth-order valence-electron chi connectivity index (χ4n) is 3.67. The number of amides is 1. The Kier molecular flexibility index (Phi) is 5.02. The van der Waals surface area contributed by atoms with Crippen LogP contribution in [0.15, 0.2) is 0 Å². The van der Waals surface area contributed by atoms with Crippen LogP contribution in [-0.4, -0.2) is 64.3 Å². The smallest absolute Gasteiger partial charge is 0.234 e. The van der Waals surface area contributed by atoms with Crippen LogP contribution in [0.1, 0.15) is 37.2 Å². The van der Waals surface area contributed by atoms with E-state index in [0.717, 1.165) is 39.1 Å². The standard InChI is InChI=1S/C17H29N5O/c1-13(2)18-17(23)12-22-9-7-21(8-10-22)11-16-14-5-4-6-15(14)19-20(16)3/h13H,4-12H2,1-3H3,(H,18,23). The Bertz CT molecular complexity index is 558. The average molecular weight is 319 g/mol. The molecule has 1 aliphatic heterocycles. The number of nitrogens with one attached hydrogen (secondary N) is 1. The molecule has 1 saturated heterocycles. The van der Waals surface area contributed by atoms with Crippen molar-refractivity contribution in [2.45, 2.75) is 45.7 Å². The molecule has 1 fully saturated rings. The first-order valence-electron chi connectivity index (χ1n) is 8.80. The summed E-state index contributed by atoms with van der Waals surface area (Å²) >= 11 is 0. The lowest BCUT2D eigenvalue weighted by Gasteiger charge is -2.34. The second-order valence-corrected chi connectivity index (χ2v) is 7.12. The summed E-state index contributed by atoms with van der Waals surface area (Å²) in [6.07, 6.45) is 3.58. The number of carbonyl (C=O) groups excluding carboxylic acids is 1. The predicted octanol–water partition coefficient (Wildman–Crippen LogP) is 0.551. The Morgan fingerprint density at radius 2 is 1.87 bits per heavy atom. The van der Waals surface area contributed by atoms with E-state index in [1.807, 2.05) is 13.8 Å². The first-order valence-corrected chi connectivity index (χ1v) is 8.80. The van der Waals surface area contributed by atoms with Gasteiger partial charge in [-0.3, -0.25) is 19.3 Å². The van der Waals surface area contributed by atoms with Gasteiger partial charge >= 0.3 is 0 Å². The highest BCUT2D eigenvalue weighted by Crippen LogP contribution is 2.25. The third kappa shape index (κ3) is 3.93. The van der Waals surface area contributed by atoms with Crippen LogP contribution >= 0.6 is 0 Å². The Morgan fingerprint density at radius 3 is 2.57 bits per heavy atom. The average Bonchev–Trinajstić information content (AvgIpc) is 3.03. The largest absolute Gasteiger partial charge is 0.353 e. The minimum Gasteiger partial charge on any atom is -0.353 e. The van der Waals surface area contributed by atoms with Gasteiger partial charge in [0.05, 0.1) is 17.9 Å². The van der Waals surface area contributed by atoms with Gasteiger partial charge < -0.3 is 5.32 Å². The number of nitrogens with zero attached hydrogens (tertiary/aromatic N) is 4. The van der Waals surface area contributed by atoms with Gasteiger partial charge in [0.25, 0.3) is 0 Å². The normalized spacial score (nSPS) is 19.3. The Balaban J connectivity index is 1.49. The fourth-order valence-corrected chi connectivity index (χ4v) is 3.67. The molecular weight excluding hydrogens is 290 g/mol. The van der Waals surface area contributed by atoms with Gasteiger partial charge in [0.2, 0.25) is 5.91 Å². The maximum atomic E-state index is 11.9. The molecule has 1 aromatic rings. The van der Waals surface area contributed by atoms with Crippen LogP contribution in [0.25, 0.3) is 0 Å². The fraction of sp³-hybridized carbons (Fsp3) is 0.765. The van der Waals surface area contributed by atoms with Gasteiger partial charge in [-0.25, -0.2) is 0 Å². The molecule has 1 amide bonds. The van der Waals surface area contributed by atoms with Crippen LogP contribution < -0.4 is 5.32 Å². The number of hydrogen-bond donors (Lipinski definition) is 1. The van der Waals surface area contributed by atoms with E-state index in [1.165, 1.54) is 29.8 Å². The number of piperazine rings is 1. The van der Waals surface area contributed by atoms with Crippen molar-refractivity contribution in [3.05, 3.63) is 17.0 Å². The summed E-state index contributed by atoms with van der Waals surface area (Å²) in [6, 6.07) is 0.218. The van der Waals surface area contributed by atoms with Gasteiger partial charge in [-0.05, 0) is 38.7 Å². The minimum absolute atomic E-state index is 0.137. The van der Waals surface area contributed by atoms with E-state index >= 15 is 0 Å². The van der Waals surface area contributed by atoms with Gasteiger partial charge in [0, 0.05) is 45.8 Å². The maximum absolute atomic E-state index is 11.9. The van der Waals surface area contributed by atoms with Gasteiger partial charge in [0.15, 0.2) is 0 Å². The zero-order valence-electron chi connectivity index (χ0n) is 14.6. The van der Waals surface area contributed by atoms with Crippen molar-refractivity contribution in [1.29, 1.82) is 0 Å². The third-order valence-corrected chi connectivity index (χ3v) is 4.85. The maximum Gasteiger partial charge on any atom is 0.234 e.